The van der Waals surface area contributed by atoms with Gasteiger partial charge in [-0.25, -0.2) is 0 Å². The summed E-state index contributed by atoms with van der Waals surface area (Å²) in [6.45, 7) is 3.06. The zero-order chi connectivity index (χ0) is 12.8. The summed E-state index contributed by atoms with van der Waals surface area (Å²) >= 11 is 0. The molecule has 0 spiro atoms. The second-order valence-electron chi connectivity index (χ2n) is 5.65. The van der Waals surface area contributed by atoms with Crippen molar-refractivity contribution in [1.29, 1.82) is 0 Å². The molecule has 18 heavy (non-hydrogen) atoms. The predicted octanol–water partition coefficient (Wildman–Crippen LogP) is 3.46. The fourth-order valence-electron chi connectivity index (χ4n) is 3.17. The molecule has 0 unspecified atom stereocenters. The number of carbonyl (C=O) groups is 1. The third-order valence-corrected chi connectivity index (χ3v) is 4.34. The van der Waals surface area contributed by atoms with Gasteiger partial charge in [0.15, 0.2) is 0 Å². The van der Waals surface area contributed by atoms with E-state index < -0.39 is 0 Å². The van der Waals surface area contributed by atoms with Crippen molar-refractivity contribution in [3.8, 4) is 0 Å². The molecule has 0 radical (unpaired) electrons. The topological polar surface area (TPSA) is 35.5 Å². The lowest BCUT2D eigenvalue weighted by molar-refractivity contribution is -0.154. The van der Waals surface area contributed by atoms with E-state index in [0.717, 1.165) is 38.7 Å². The Hall–Kier alpha value is -0.570. The second-order valence-corrected chi connectivity index (χ2v) is 5.65. The zero-order valence-electron chi connectivity index (χ0n) is 11.5. The zero-order valence-corrected chi connectivity index (χ0v) is 11.5. The van der Waals surface area contributed by atoms with E-state index in [0.29, 0.717) is 18.4 Å². The van der Waals surface area contributed by atoms with Gasteiger partial charge in [-0.15, -0.1) is 0 Å². The van der Waals surface area contributed by atoms with Gasteiger partial charge in [0.05, 0.1) is 6.10 Å². The molecular formula is C15H26O3. The Balaban J connectivity index is 1.68. The molecule has 2 rings (SSSR count). The number of hydrogen-bond donors (Lipinski definition) is 0. The summed E-state index contributed by atoms with van der Waals surface area (Å²) in [6.07, 6.45) is 10.00. The Kier molecular flexibility index (Phi) is 5.48. The number of rotatable bonds is 5. The third kappa shape index (κ3) is 3.98. The van der Waals surface area contributed by atoms with Crippen LogP contribution in [0.4, 0.5) is 0 Å². The Morgan fingerprint density at radius 3 is 2.78 bits per heavy atom. The first-order chi connectivity index (χ1) is 8.79. The highest BCUT2D eigenvalue weighted by atomic mass is 16.5. The highest BCUT2D eigenvalue weighted by Crippen LogP contribution is 2.29. The van der Waals surface area contributed by atoms with Crippen LogP contribution in [-0.4, -0.2) is 24.8 Å². The summed E-state index contributed by atoms with van der Waals surface area (Å²) in [4.78, 5) is 11.9. The quantitative estimate of drug-likeness (QED) is 0.705. The Morgan fingerprint density at radius 1 is 1.22 bits per heavy atom. The molecule has 1 aliphatic carbocycles. The van der Waals surface area contributed by atoms with Crippen LogP contribution in [0.1, 0.15) is 64.7 Å². The minimum Gasteiger partial charge on any atom is -0.462 e. The molecule has 0 aromatic rings. The van der Waals surface area contributed by atoms with Crippen molar-refractivity contribution in [3.05, 3.63) is 0 Å². The lowest BCUT2D eigenvalue weighted by Crippen LogP contribution is -2.30. The largest absolute Gasteiger partial charge is 0.462 e. The first-order valence-electron chi connectivity index (χ1n) is 7.60. The van der Waals surface area contributed by atoms with E-state index in [1.165, 1.54) is 19.3 Å². The monoisotopic (exact) mass is 254 g/mol. The smallest absolute Gasteiger partial charge is 0.306 e. The molecule has 0 amide bonds. The van der Waals surface area contributed by atoms with Gasteiger partial charge in [-0.2, -0.15) is 0 Å². The molecule has 2 aliphatic rings. The molecule has 1 heterocycles. The van der Waals surface area contributed by atoms with Crippen LogP contribution in [0.15, 0.2) is 0 Å². The van der Waals surface area contributed by atoms with Crippen LogP contribution in [0.2, 0.25) is 0 Å². The van der Waals surface area contributed by atoms with Crippen LogP contribution in [0.3, 0.4) is 0 Å². The summed E-state index contributed by atoms with van der Waals surface area (Å²) in [7, 11) is 0. The average Bonchev–Trinajstić information content (AvgIpc) is 2.90. The van der Waals surface area contributed by atoms with E-state index in [2.05, 4.69) is 6.92 Å². The molecular weight excluding hydrogens is 228 g/mol. The third-order valence-electron chi connectivity index (χ3n) is 4.34. The van der Waals surface area contributed by atoms with Crippen LogP contribution >= 0.6 is 0 Å². The van der Waals surface area contributed by atoms with Gasteiger partial charge in [0, 0.05) is 13.0 Å². The molecule has 1 saturated carbocycles. The van der Waals surface area contributed by atoms with Gasteiger partial charge in [0.1, 0.15) is 6.10 Å². The van der Waals surface area contributed by atoms with E-state index in [1.54, 1.807) is 0 Å². The molecule has 3 nitrogen and oxygen atoms in total. The minimum absolute atomic E-state index is 0.0177. The standard InChI is InChI=1S/C15H26O3/c1-2-12-6-3-4-8-14(12)18-15(16)10-9-13-7-5-11-17-13/h12-14H,2-11H2,1H3/t12-,13+,14-/m1/s1. The van der Waals surface area contributed by atoms with Gasteiger partial charge in [-0.1, -0.05) is 13.3 Å². The molecule has 1 saturated heterocycles. The minimum atomic E-state index is -0.0177. The van der Waals surface area contributed by atoms with Gasteiger partial charge in [0.25, 0.3) is 0 Å². The number of carbonyl (C=O) groups excluding carboxylic acids is 1. The predicted molar refractivity (Wildman–Crippen MR) is 70.3 cm³/mol. The summed E-state index contributed by atoms with van der Waals surface area (Å²) in [5.74, 6) is 0.571. The first-order valence-corrected chi connectivity index (χ1v) is 7.60. The van der Waals surface area contributed by atoms with E-state index in [1.807, 2.05) is 0 Å². The molecule has 0 aromatic carbocycles. The van der Waals surface area contributed by atoms with Crippen LogP contribution in [-0.2, 0) is 14.3 Å². The van der Waals surface area contributed by atoms with E-state index in [-0.39, 0.29) is 12.1 Å². The molecule has 1 aliphatic heterocycles. The summed E-state index contributed by atoms with van der Waals surface area (Å²) in [6, 6.07) is 0. The van der Waals surface area contributed by atoms with E-state index in [9.17, 15) is 4.79 Å². The Bertz CT molecular complexity index is 258. The van der Waals surface area contributed by atoms with Crippen molar-refractivity contribution < 1.29 is 14.3 Å². The van der Waals surface area contributed by atoms with Gasteiger partial charge in [0.2, 0.25) is 0 Å². The molecule has 3 atom stereocenters. The molecule has 0 N–H and O–H groups in total. The van der Waals surface area contributed by atoms with Crippen molar-refractivity contribution in [2.75, 3.05) is 6.61 Å². The fraction of sp³-hybridized carbons (Fsp3) is 0.933. The van der Waals surface area contributed by atoms with Crippen molar-refractivity contribution >= 4 is 5.97 Å². The first kappa shape index (κ1) is 13.9. The molecule has 0 aromatic heterocycles. The van der Waals surface area contributed by atoms with Gasteiger partial charge < -0.3 is 9.47 Å². The van der Waals surface area contributed by atoms with E-state index in [4.69, 9.17) is 9.47 Å². The Morgan fingerprint density at radius 2 is 2.06 bits per heavy atom. The van der Waals surface area contributed by atoms with Crippen molar-refractivity contribution in [3.63, 3.8) is 0 Å². The Labute approximate surface area is 110 Å². The number of ether oxygens (including phenoxy) is 2. The lowest BCUT2D eigenvalue weighted by Gasteiger charge is -2.30. The summed E-state index contributed by atoms with van der Waals surface area (Å²) in [5, 5.41) is 0. The van der Waals surface area contributed by atoms with Gasteiger partial charge >= 0.3 is 5.97 Å². The van der Waals surface area contributed by atoms with Crippen molar-refractivity contribution in [2.24, 2.45) is 5.92 Å². The van der Waals surface area contributed by atoms with E-state index >= 15 is 0 Å². The fourth-order valence-corrected chi connectivity index (χ4v) is 3.17. The van der Waals surface area contributed by atoms with Crippen LogP contribution in [0.25, 0.3) is 0 Å². The maximum absolute atomic E-state index is 11.9. The lowest BCUT2D eigenvalue weighted by atomic mass is 9.85. The maximum atomic E-state index is 11.9. The van der Waals surface area contributed by atoms with Crippen LogP contribution in [0, 0.1) is 5.92 Å². The van der Waals surface area contributed by atoms with Crippen LogP contribution in [0.5, 0.6) is 0 Å². The van der Waals surface area contributed by atoms with Gasteiger partial charge in [-0.05, 0) is 50.9 Å². The molecule has 2 fully saturated rings. The number of hydrogen-bond acceptors (Lipinski definition) is 3. The summed E-state index contributed by atoms with van der Waals surface area (Å²) < 4.78 is 11.2. The highest BCUT2D eigenvalue weighted by Gasteiger charge is 2.27. The van der Waals surface area contributed by atoms with Crippen molar-refractivity contribution in [1.82, 2.24) is 0 Å². The van der Waals surface area contributed by atoms with Crippen LogP contribution < -0.4 is 0 Å². The van der Waals surface area contributed by atoms with Gasteiger partial charge in [-0.3, -0.25) is 4.79 Å². The molecule has 0 bridgehead atoms. The number of esters is 1. The summed E-state index contributed by atoms with van der Waals surface area (Å²) in [5.41, 5.74) is 0. The maximum Gasteiger partial charge on any atom is 0.306 e. The average molecular weight is 254 g/mol. The highest BCUT2D eigenvalue weighted by molar-refractivity contribution is 5.69. The molecule has 104 valence electrons. The van der Waals surface area contributed by atoms with Crippen molar-refractivity contribution in [2.45, 2.75) is 76.9 Å². The SMILES string of the molecule is CC[C@@H]1CCCC[C@H]1OC(=O)CC[C@@H]1CCCO1. The normalized spacial score (nSPS) is 32.4. The second kappa shape index (κ2) is 7.13. The molecule has 3 heteroatoms.